The number of thiophene rings is 1. The normalized spacial score (nSPS) is 11.4. The van der Waals surface area contributed by atoms with E-state index in [9.17, 15) is 27.6 Å². The van der Waals surface area contributed by atoms with Crippen LogP contribution >= 0.6 is 11.3 Å². The van der Waals surface area contributed by atoms with Crippen molar-refractivity contribution in [2.24, 2.45) is 0 Å². The Labute approximate surface area is 272 Å². The first-order chi connectivity index (χ1) is 22.5. The first-order valence-corrected chi connectivity index (χ1v) is 15.7. The van der Waals surface area contributed by atoms with Crippen LogP contribution in [0.5, 0.6) is 0 Å². The Kier molecular flexibility index (Phi) is 10.3. The molecule has 0 unspecified atom stereocenters. The number of halogens is 3. The van der Waals surface area contributed by atoms with Crippen molar-refractivity contribution in [1.82, 2.24) is 19.4 Å². The Bertz CT molecular complexity index is 2040. The molecule has 0 aliphatic carbocycles. The van der Waals surface area contributed by atoms with E-state index in [-0.39, 0.29) is 39.6 Å². The van der Waals surface area contributed by atoms with Crippen LogP contribution in [-0.4, -0.2) is 53.9 Å². The van der Waals surface area contributed by atoms with Crippen LogP contribution in [0.4, 0.5) is 23.7 Å². The number of anilines is 1. The number of nitrogens with zero attached hydrogens (tertiary/aromatic N) is 3. The largest absolute Gasteiger partial charge is 0.383 e. The van der Waals surface area contributed by atoms with Crippen LogP contribution in [0.1, 0.15) is 23.6 Å². The predicted octanol–water partition coefficient (Wildman–Crippen LogP) is 5.87. The molecule has 0 bridgehead atoms. The van der Waals surface area contributed by atoms with Gasteiger partial charge in [-0.15, -0.1) is 11.3 Å². The molecule has 246 valence electrons. The van der Waals surface area contributed by atoms with E-state index in [1.54, 1.807) is 38.3 Å². The fourth-order valence-corrected chi connectivity index (χ4v) is 6.57. The van der Waals surface area contributed by atoms with Gasteiger partial charge in [-0.1, -0.05) is 18.2 Å². The molecule has 0 saturated heterocycles. The van der Waals surface area contributed by atoms with Crippen LogP contribution in [0.15, 0.2) is 70.3 Å². The van der Waals surface area contributed by atoms with Crippen LogP contribution in [0, 0.1) is 24.4 Å². The highest BCUT2D eigenvalue weighted by Gasteiger charge is 2.26. The first kappa shape index (κ1) is 33.6. The zero-order valence-corrected chi connectivity index (χ0v) is 27.1. The molecule has 0 saturated carbocycles. The van der Waals surface area contributed by atoms with Gasteiger partial charge >= 0.3 is 11.7 Å². The van der Waals surface area contributed by atoms with Crippen LogP contribution in [0.25, 0.3) is 26.3 Å². The van der Waals surface area contributed by atoms with Crippen molar-refractivity contribution in [3.8, 4) is 16.1 Å². The van der Waals surface area contributed by atoms with Crippen LogP contribution in [0.3, 0.4) is 0 Å². The van der Waals surface area contributed by atoms with E-state index in [2.05, 4.69) is 10.6 Å². The molecule has 47 heavy (non-hydrogen) atoms. The van der Waals surface area contributed by atoms with Crippen LogP contribution in [-0.2, 0) is 17.8 Å². The Hall–Kier alpha value is -4.72. The molecule has 3 aromatic carbocycles. The number of urea groups is 1. The topological polar surface area (TPSA) is 97.6 Å². The van der Waals surface area contributed by atoms with E-state index in [4.69, 9.17) is 4.74 Å². The van der Waals surface area contributed by atoms with Gasteiger partial charge in [-0.25, -0.2) is 27.3 Å². The van der Waals surface area contributed by atoms with E-state index in [0.29, 0.717) is 41.4 Å². The number of benzene rings is 3. The molecule has 5 rings (SSSR count). The van der Waals surface area contributed by atoms with Gasteiger partial charge in [-0.05, 0) is 80.1 Å². The smallest absolute Gasteiger partial charge is 0.337 e. The molecule has 13 heteroatoms. The second-order valence-electron chi connectivity index (χ2n) is 11.0. The van der Waals surface area contributed by atoms with Gasteiger partial charge in [-0.3, -0.25) is 14.3 Å². The number of fused-ring (bicyclic) bond motifs is 1. The molecule has 9 nitrogen and oxygen atoms in total. The standard InChI is InChI=1S/C34H34F3N5O4S/c1-5-38-33(44)39-22-11-9-21(10-12-22)30-25(18-40(3)15-16-46-4)29-31(43)42(23-13-14-26(35)20(2)17-23)34(45)41(32(29)47-30)19-24-27(36)7-6-8-28(24)37/h6-14,17H,5,15-16,18-19H2,1-4H3,(H2,38,39,44). The van der Waals surface area contributed by atoms with Gasteiger partial charge in [-0.2, -0.15) is 0 Å². The van der Waals surface area contributed by atoms with E-state index in [1.165, 1.54) is 29.7 Å². The van der Waals surface area contributed by atoms with Gasteiger partial charge in [0.1, 0.15) is 22.3 Å². The molecule has 2 aromatic heterocycles. The zero-order chi connectivity index (χ0) is 33.8. The average Bonchev–Trinajstić information content (AvgIpc) is 3.40. The number of aryl methyl sites for hydroxylation is 1. The van der Waals surface area contributed by atoms with Crippen molar-refractivity contribution < 1.29 is 22.7 Å². The summed E-state index contributed by atoms with van der Waals surface area (Å²) in [5, 5.41) is 5.61. The lowest BCUT2D eigenvalue weighted by Crippen LogP contribution is -2.39. The third kappa shape index (κ3) is 7.02. The third-order valence-corrected chi connectivity index (χ3v) is 9.00. The Morgan fingerprint density at radius 1 is 0.979 bits per heavy atom. The van der Waals surface area contributed by atoms with Crippen molar-refractivity contribution in [2.75, 3.05) is 39.2 Å². The number of rotatable bonds is 11. The minimum Gasteiger partial charge on any atom is -0.383 e. The number of hydrogen-bond acceptors (Lipinski definition) is 6. The molecular weight excluding hydrogens is 631 g/mol. The van der Waals surface area contributed by atoms with E-state index in [1.807, 2.05) is 11.9 Å². The van der Waals surface area contributed by atoms with Gasteiger partial charge in [0.05, 0.1) is 24.2 Å². The molecule has 0 atom stereocenters. The summed E-state index contributed by atoms with van der Waals surface area (Å²) in [6.07, 6.45) is 0. The number of likely N-dealkylation sites (N-methyl/N-ethyl adjacent to an activating group) is 1. The molecule has 2 N–H and O–H groups in total. The van der Waals surface area contributed by atoms with E-state index in [0.717, 1.165) is 34.1 Å². The molecule has 5 aromatic rings. The van der Waals surface area contributed by atoms with E-state index >= 15 is 0 Å². The highest BCUT2D eigenvalue weighted by Crippen LogP contribution is 2.38. The van der Waals surface area contributed by atoms with Crippen molar-refractivity contribution in [3.63, 3.8) is 0 Å². The Morgan fingerprint density at radius 2 is 1.68 bits per heavy atom. The second-order valence-corrected chi connectivity index (χ2v) is 12.0. The maximum absolute atomic E-state index is 15.0. The number of methoxy groups -OCH3 is 1. The Morgan fingerprint density at radius 3 is 2.32 bits per heavy atom. The highest BCUT2D eigenvalue weighted by molar-refractivity contribution is 7.22. The third-order valence-electron chi connectivity index (χ3n) is 7.70. The highest BCUT2D eigenvalue weighted by atomic mass is 32.1. The minimum absolute atomic E-state index is 0.121. The first-order valence-electron chi connectivity index (χ1n) is 14.9. The van der Waals surface area contributed by atoms with Crippen molar-refractivity contribution >= 4 is 33.3 Å². The number of amides is 2. The molecule has 0 aliphatic heterocycles. The number of nitrogens with one attached hydrogen (secondary N) is 2. The summed E-state index contributed by atoms with van der Waals surface area (Å²) in [4.78, 5) is 43.5. The summed E-state index contributed by atoms with van der Waals surface area (Å²) in [6.45, 7) is 4.49. The maximum atomic E-state index is 15.0. The fourth-order valence-electron chi connectivity index (χ4n) is 5.27. The lowest BCUT2D eigenvalue weighted by molar-refractivity contribution is 0.159. The Balaban J connectivity index is 1.80. The molecule has 0 fully saturated rings. The van der Waals surface area contributed by atoms with E-state index < -0.39 is 35.2 Å². The predicted molar refractivity (Wildman–Crippen MR) is 178 cm³/mol. The summed E-state index contributed by atoms with van der Waals surface area (Å²) in [5.41, 5.74) is 0.351. The average molecular weight is 666 g/mol. The van der Waals surface area contributed by atoms with Crippen molar-refractivity contribution in [1.29, 1.82) is 0 Å². The molecule has 0 aliphatic rings. The van der Waals surface area contributed by atoms with Gasteiger partial charge in [0.25, 0.3) is 5.56 Å². The lowest BCUT2D eigenvalue weighted by Gasteiger charge is -2.18. The molecular formula is C34H34F3N5O4S. The number of carbonyl (C=O) groups is 1. The molecule has 2 amide bonds. The van der Waals surface area contributed by atoms with Crippen LogP contribution in [0.2, 0.25) is 0 Å². The zero-order valence-electron chi connectivity index (χ0n) is 26.3. The van der Waals surface area contributed by atoms with Crippen LogP contribution < -0.4 is 21.9 Å². The summed E-state index contributed by atoms with van der Waals surface area (Å²) >= 11 is 1.15. The summed E-state index contributed by atoms with van der Waals surface area (Å²) in [5.74, 6) is -2.20. The van der Waals surface area contributed by atoms with Gasteiger partial charge in [0.15, 0.2) is 0 Å². The summed E-state index contributed by atoms with van der Waals surface area (Å²) < 4.78 is 51.6. The SMILES string of the molecule is CCNC(=O)Nc1ccc(-c2sc3c(c2CN(C)CCOC)c(=O)n(-c2ccc(F)c(C)c2)c(=O)n3Cc2c(F)cccc2F)cc1. The number of aromatic nitrogens is 2. The number of hydrogen-bond donors (Lipinski definition) is 2. The second kappa shape index (κ2) is 14.4. The summed E-state index contributed by atoms with van der Waals surface area (Å²) in [7, 11) is 3.44. The fraction of sp³-hybridized carbons (Fsp3) is 0.265. The maximum Gasteiger partial charge on any atom is 0.337 e. The summed E-state index contributed by atoms with van der Waals surface area (Å²) in [6, 6.07) is 14.0. The number of ether oxygens (including phenoxy) is 1. The van der Waals surface area contributed by atoms with Crippen molar-refractivity contribution in [3.05, 3.63) is 116 Å². The van der Waals surface area contributed by atoms with Gasteiger partial charge in [0, 0.05) is 42.9 Å². The molecule has 2 heterocycles. The molecule has 0 spiro atoms. The monoisotopic (exact) mass is 665 g/mol. The quantitative estimate of drug-likeness (QED) is 0.184. The van der Waals surface area contributed by atoms with Gasteiger partial charge < -0.3 is 15.4 Å². The lowest BCUT2D eigenvalue weighted by atomic mass is 10.1. The van der Waals surface area contributed by atoms with Crippen molar-refractivity contribution in [2.45, 2.75) is 26.9 Å². The minimum atomic E-state index is -0.841. The number of carbonyl (C=O) groups excluding carboxylic acids is 1. The van der Waals surface area contributed by atoms with Gasteiger partial charge in [0.2, 0.25) is 0 Å². The molecule has 0 radical (unpaired) electrons.